The molecule has 7 heteroatoms. The smallest absolute Gasteiger partial charge is 0.290 e. The number of halogens is 1. The van der Waals surface area contributed by atoms with Crippen LogP contribution in [0.4, 0.5) is 0 Å². The Morgan fingerprint density at radius 3 is 2.56 bits per heavy atom. The fourth-order valence-corrected chi connectivity index (χ4v) is 4.65. The molecule has 1 aliphatic rings. The van der Waals surface area contributed by atoms with Gasteiger partial charge in [-0.1, -0.05) is 50.2 Å². The van der Waals surface area contributed by atoms with E-state index in [4.69, 9.17) is 20.8 Å². The molecule has 1 amide bonds. The van der Waals surface area contributed by atoms with Crippen molar-refractivity contribution in [3.63, 3.8) is 0 Å². The highest BCUT2D eigenvalue weighted by Gasteiger charge is 2.42. The van der Waals surface area contributed by atoms with Gasteiger partial charge in [0.05, 0.1) is 17.0 Å². The first-order valence-corrected chi connectivity index (χ1v) is 12.0. The minimum Gasteiger partial charge on any atom is -0.490 e. The molecule has 0 N–H and O–H groups in total. The normalized spacial score (nSPS) is 15.2. The van der Waals surface area contributed by atoms with Crippen molar-refractivity contribution in [1.29, 1.82) is 0 Å². The summed E-state index contributed by atoms with van der Waals surface area (Å²) in [6, 6.07) is 11.8. The van der Waals surface area contributed by atoms with E-state index in [9.17, 15) is 9.59 Å². The lowest BCUT2D eigenvalue weighted by atomic mass is 9.98. The van der Waals surface area contributed by atoms with Crippen LogP contribution < -0.4 is 10.2 Å². The monoisotopic (exact) mass is 480 g/mol. The molecule has 3 aromatic rings. The van der Waals surface area contributed by atoms with Crippen molar-refractivity contribution in [2.24, 2.45) is 0 Å². The topological polar surface area (TPSA) is 63.0 Å². The Morgan fingerprint density at radius 1 is 1.15 bits per heavy atom. The Labute approximate surface area is 204 Å². The zero-order chi connectivity index (χ0) is 24.2. The molecule has 1 aliphatic heterocycles. The van der Waals surface area contributed by atoms with Gasteiger partial charge in [-0.2, -0.15) is 0 Å². The van der Waals surface area contributed by atoms with Crippen LogP contribution in [0.2, 0.25) is 5.02 Å². The molecule has 1 atom stereocenters. The van der Waals surface area contributed by atoms with Crippen LogP contribution in [-0.4, -0.2) is 48.5 Å². The Balaban J connectivity index is 1.76. The summed E-state index contributed by atoms with van der Waals surface area (Å²) in [5.41, 5.74) is 1.32. The van der Waals surface area contributed by atoms with E-state index in [2.05, 4.69) is 25.3 Å². The Kier molecular flexibility index (Phi) is 7.39. The largest absolute Gasteiger partial charge is 0.490 e. The molecule has 0 fully saturated rings. The maximum Gasteiger partial charge on any atom is 0.290 e. The van der Waals surface area contributed by atoms with Crippen LogP contribution in [0.5, 0.6) is 5.75 Å². The van der Waals surface area contributed by atoms with Crippen molar-refractivity contribution in [1.82, 2.24) is 9.80 Å². The maximum atomic E-state index is 13.6. The van der Waals surface area contributed by atoms with E-state index < -0.39 is 6.04 Å². The van der Waals surface area contributed by atoms with Gasteiger partial charge in [0.25, 0.3) is 5.91 Å². The fraction of sp³-hybridized carbons (Fsp3) is 0.333. The zero-order valence-corrected chi connectivity index (χ0v) is 20.3. The molecule has 0 bridgehead atoms. The van der Waals surface area contributed by atoms with Crippen molar-refractivity contribution in [3.05, 3.63) is 87.3 Å². The minimum absolute atomic E-state index is 0.111. The minimum atomic E-state index is -0.535. The van der Waals surface area contributed by atoms with Crippen molar-refractivity contribution in [2.75, 3.05) is 32.8 Å². The van der Waals surface area contributed by atoms with Gasteiger partial charge in [0.2, 0.25) is 5.76 Å². The predicted octanol–water partition coefficient (Wildman–Crippen LogP) is 5.29. The molecule has 0 spiro atoms. The van der Waals surface area contributed by atoms with Crippen LogP contribution >= 0.6 is 11.6 Å². The van der Waals surface area contributed by atoms with Gasteiger partial charge in [0.1, 0.15) is 17.9 Å². The summed E-state index contributed by atoms with van der Waals surface area (Å²) in [5, 5.41) is 0.820. The van der Waals surface area contributed by atoms with Gasteiger partial charge in [0, 0.05) is 11.6 Å². The van der Waals surface area contributed by atoms with Gasteiger partial charge >= 0.3 is 0 Å². The molecule has 6 nitrogen and oxygen atoms in total. The lowest BCUT2D eigenvalue weighted by molar-refractivity contribution is 0.0720. The SMILES string of the molecule is C=CCOc1ccc([C@H]2c3c(oc4ccc(Cl)cc4c3=O)C(=O)N2CCCN(CC)CC)cc1. The molecule has 4 rings (SSSR count). The van der Waals surface area contributed by atoms with Crippen LogP contribution in [0.1, 0.15) is 48.0 Å². The third-order valence-electron chi connectivity index (χ3n) is 6.26. The zero-order valence-electron chi connectivity index (χ0n) is 19.6. The lowest BCUT2D eigenvalue weighted by Gasteiger charge is -2.26. The number of carbonyl (C=O) groups is 1. The van der Waals surface area contributed by atoms with Crippen LogP contribution in [-0.2, 0) is 0 Å². The Morgan fingerprint density at radius 2 is 1.88 bits per heavy atom. The molecule has 0 unspecified atom stereocenters. The average molecular weight is 481 g/mol. The van der Waals surface area contributed by atoms with Crippen LogP contribution in [0.25, 0.3) is 11.0 Å². The maximum absolute atomic E-state index is 13.6. The highest BCUT2D eigenvalue weighted by Crippen LogP contribution is 2.39. The van der Waals surface area contributed by atoms with Gasteiger partial charge in [-0.3, -0.25) is 9.59 Å². The second-order valence-corrected chi connectivity index (χ2v) is 8.70. The van der Waals surface area contributed by atoms with Crippen molar-refractivity contribution in [2.45, 2.75) is 26.3 Å². The van der Waals surface area contributed by atoms with Crippen molar-refractivity contribution in [3.8, 4) is 5.75 Å². The second-order valence-electron chi connectivity index (χ2n) is 8.26. The Hall–Kier alpha value is -3.09. The Bertz CT molecular complexity index is 1250. The summed E-state index contributed by atoms with van der Waals surface area (Å²) >= 11 is 6.15. The molecule has 2 aromatic carbocycles. The van der Waals surface area contributed by atoms with E-state index in [0.29, 0.717) is 40.5 Å². The molecule has 178 valence electrons. The summed E-state index contributed by atoms with van der Waals surface area (Å²) in [7, 11) is 0. The van der Waals surface area contributed by atoms with E-state index in [1.54, 1.807) is 29.2 Å². The average Bonchev–Trinajstić information content (AvgIpc) is 3.13. The number of nitrogens with zero attached hydrogens (tertiary/aromatic N) is 2. The number of amides is 1. The number of benzene rings is 2. The van der Waals surface area contributed by atoms with Gasteiger partial charge in [-0.05, 0) is 62.0 Å². The van der Waals surface area contributed by atoms with E-state index in [1.807, 2.05) is 24.3 Å². The molecule has 0 saturated heterocycles. The van der Waals surface area contributed by atoms with Crippen LogP contribution in [0, 0.1) is 0 Å². The number of fused-ring (bicyclic) bond motifs is 2. The summed E-state index contributed by atoms with van der Waals surface area (Å²) in [6.07, 6.45) is 2.47. The highest BCUT2D eigenvalue weighted by atomic mass is 35.5. The number of hydrogen-bond donors (Lipinski definition) is 0. The van der Waals surface area contributed by atoms with Gasteiger partial charge < -0.3 is 19.0 Å². The third kappa shape index (κ3) is 4.61. The number of hydrogen-bond acceptors (Lipinski definition) is 5. The van der Waals surface area contributed by atoms with Crippen LogP contribution in [0.15, 0.2) is 64.3 Å². The number of carbonyl (C=O) groups excluding carboxylic acids is 1. The van der Waals surface area contributed by atoms with Crippen molar-refractivity contribution >= 4 is 28.5 Å². The van der Waals surface area contributed by atoms with E-state index in [0.717, 1.165) is 31.6 Å². The second kappa shape index (κ2) is 10.5. The summed E-state index contributed by atoms with van der Waals surface area (Å²) in [5.74, 6) is 0.540. The summed E-state index contributed by atoms with van der Waals surface area (Å²) in [6.45, 7) is 11.6. The summed E-state index contributed by atoms with van der Waals surface area (Å²) < 4.78 is 11.6. The van der Waals surface area contributed by atoms with Gasteiger partial charge in [0.15, 0.2) is 5.43 Å². The molecule has 0 radical (unpaired) electrons. The first kappa shape index (κ1) is 24.0. The molecule has 0 saturated carbocycles. The molecular weight excluding hydrogens is 452 g/mol. The highest BCUT2D eigenvalue weighted by molar-refractivity contribution is 6.31. The molecule has 1 aromatic heterocycles. The fourth-order valence-electron chi connectivity index (χ4n) is 4.48. The first-order valence-electron chi connectivity index (χ1n) is 11.6. The van der Waals surface area contributed by atoms with Gasteiger partial charge in [-0.15, -0.1) is 0 Å². The van der Waals surface area contributed by atoms with E-state index >= 15 is 0 Å². The van der Waals surface area contributed by atoms with Crippen molar-refractivity contribution < 1.29 is 13.9 Å². The number of ether oxygens (including phenoxy) is 1. The lowest BCUT2D eigenvalue weighted by Crippen LogP contribution is -2.33. The quantitative estimate of drug-likeness (QED) is 0.369. The summed E-state index contributed by atoms with van der Waals surface area (Å²) in [4.78, 5) is 31.1. The van der Waals surface area contributed by atoms with E-state index in [-0.39, 0.29) is 17.1 Å². The molecule has 34 heavy (non-hydrogen) atoms. The first-order chi connectivity index (χ1) is 16.5. The molecular formula is C27H29ClN2O4. The van der Waals surface area contributed by atoms with Crippen LogP contribution in [0.3, 0.4) is 0 Å². The molecule has 2 heterocycles. The predicted molar refractivity (Wildman–Crippen MR) is 135 cm³/mol. The van der Waals surface area contributed by atoms with E-state index in [1.165, 1.54) is 0 Å². The van der Waals surface area contributed by atoms with Gasteiger partial charge in [-0.25, -0.2) is 0 Å². The standard InChI is InChI=1S/C27H29ClN2O4/c1-4-16-33-20-11-8-18(9-12-20)24-23-25(31)21-17-19(28)10-13-22(21)34-26(23)27(32)30(24)15-7-14-29(5-2)6-3/h4,8-13,17,24H,1,5-7,14-16H2,2-3H3/t24-/m0/s1. The number of rotatable bonds is 10. The molecule has 0 aliphatic carbocycles. The third-order valence-corrected chi connectivity index (χ3v) is 6.49.